The quantitative estimate of drug-likeness (QED) is 0.240. The predicted molar refractivity (Wildman–Crippen MR) is 137 cm³/mol. The van der Waals surface area contributed by atoms with Crippen molar-refractivity contribution in [2.45, 2.75) is 16.0 Å². The summed E-state index contributed by atoms with van der Waals surface area (Å²) < 4.78 is 96.0. The number of ether oxygens (including phenoxy) is 1. The first-order valence-electron chi connectivity index (χ1n) is 9.72. The molecular formula is C21H12Cl3F3N2O5S3. The largest absolute Gasteiger partial charge is 0.428 e. The fourth-order valence-corrected chi connectivity index (χ4v) is 6.66. The van der Waals surface area contributed by atoms with Crippen LogP contribution in [0.25, 0.3) is 10.2 Å². The molecule has 1 heterocycles. The van der Waals surface area contributed by atoms with Crippen molar-refractivity contribution in [1.29, 1.82) is 0 Å². The van der Waals surface area contributed by atoms with Crippen LogP contribution in [-0.2, 0) is 26.0 Å². The highest BCUT2D eigenvalue weighted by atomic mass is 35.5. The smallest absolute Gasteiger partial charge is 0.416 e. The third kappa shape index (κ3) is 6.07. The highest BCUT2D eigenvalue weighted by Gasteiger charge is 2.32. The number of anilines is 1. The number of aromatic nitrogens is 1. The van der Waals surface area contributed by atoms with E-state index in [1.54, 1.807) is 6.07 Å². The minimum Gasteiger partial charge on any atom is -0.428 e. The fourth-order valence-electron chi connectivity index (χ4n) is 3.07. The van der Waals surface area contributed by atoms with E-state index in [0.29, 0.717) is 22.3 Å². The topological polar surface area (TPSA) is 102 Å². The summed E-state index contributed by atoms with van der Waals surface area (Å²) in [6, 6.07) is 8.57. The number of sulfonamides is 1. The van der Waals surface area contributed by atoms with Crippen LogP contribution in [-0.4, -0.2) is 28.1 Å². The molecule has 4 aromatic rings. The molecular weight excluding hydrogens is 620 g/mol. The molecule has 0 saturated carbocycles. The van der Waals surface area contributed by atoms with E-state index in [9.17, 15) is 30.0 Å². The molecule has 0 unspecified atom stereocenters. The second-order valence-electron chi connectivity index (χ2n) is 7.50. The molecule has 3 aromatic carbocycles. The molecule has 0 atom stereocenters. The van der Waals surface area contributed by atoms with Gasteiger partial charge in [0, 0.05) is 6.26 Å². The van der Waals surface area contributed by atoms with E-state index in [1.807, 2.05) is 0 Å². The van der Waals surface area contributed by atoms with Crippen LogP contribution in [0.3, 0.4) is 0 Å². The Morgan fingerprint density at radius 2 is 1.57 bits per heavy atom. The summed E-state index contributed by atoms with van der Waals surface area (Å²) in [5.41, 5.74) is -0.847. The van der Waals surface area contributed by atoms with E-state index in [0.717, 1.165) is 23.7 Å². The molecule has 0 aliphatic rings. The zero-order chi connectivity index (χ0) is 27.3. The van der Waals surface area contributed by atoms with E-state index in [2.05, 4.69) is 9.71 Å². The second-order valence-corrected chi connectivity index (χ2v) is 13.4. The number of benzene rings is 3. The van der Waals surface area contributed by atoms with Crippen molar-refractivity contribution in [3.8, 4) is 10.9 Å². The van der Waals surface area contributed by atoms with Gasteiger partial charge < -0.3 is 4.74 Å². The molecule has 0 aliphatic carbocycles. The van der Waals surface area contributed by atoms with Crippen LogP contribution in [0.5, 0.6) is 10.9 Å². The first-order valence-corrected chi connectivity index (χ1v) is 15.0. The Balaban J connectivity index is 1.60. The Bertz CT molecular complexity index is 1740. The first kappa shape index (κ1) is 27.7. The lowest BCUT2D eigenvalue weighted by molar-refractivity contribution is -0.137. The molecule has 196 valence electrons. The number of fused-ring (bicyclic) bond motifs is 1. The van der Waals surface area contributed by atoms with Crippen molar-refractivity contribution in [2.24, 2.45) is 0 Å². The first-order chi connectivity index (χ1) is 17.0. The van der Waals surface area contributed by atoms with Gasteiger partial charge >= 0.3 is 6.18 Å². The number of sulfone groups is 1. The van der Waals surface area contributed by atoms with Gasteiger partial charge in [0.05, 0.1) is 41.4 Å². The zero-order valence-corrected chi connectivity index (χ0v) is 22.8. The molecule has 7 nitrogen and oxygen atoms in total. The highest BCUT2D eigenvalue weighted by molar-refractivity contribution is 7.92. The van der Waals surface area contributed by atoms with Crippen molar-refractivity contribution in [3.63, 3.8) is 0 Å². The Morgan fingerprint density at radius 3 is 2.14 bits per heavy atom. The minimum absolute atomic E-state index is 0.0544. The molecule has 0 aliphatic heterocycles. The van der Waals surface area contributed by atoms with Crippen LogP contribution in [0.4, 0.5) is 18.9 Å². The lowest BCUT2D eigenvalue weighted by atomic mass is 10.2. The molecule has 0 bridgehead atoms. The van der Waals surface area contributed by atoms with Crippen molar-refractivity contribution in [2.75, 3.05) is 11.0 Å². The maximum atomic E-state index is 12.9. The monoisotopic (exact) mass is 630 g/mol. The summed E-state index contributed by atoms with van der Waals surface area (Å²) in [5, 5.41) is -0.761. The van der Waals surface area contributed by atoms with Crippen molar-refractivity contribution >= 4 is 81.9 Å². The van der Waals surface area contributed by atoms with Crippen molar-refractivity contribution < 1.29 is 34.7 Å². The van der Waals surface area contributed by atoms with E-state index >= 15 is 0 Å². The molecule has 0 saturated heterocycles. The lowest BCUT2D eigenvalue weighted by Crippen LogP contribution is -2.14. The number of alkyl halides is 3. The van der Waals surface area contributed by atoms with Gasteiger partial charge in [-0.1, -0.05) is 46.1 Å². The summed E-state index contributed by atoms with van der Waals surface area (Å²) in [7, 11) is -7.85. The Labute approximate surface area is 227 Å². The normalized spacial score (nSPS) is 12.6. The number of hydrogen-bond acceptors (Lipinski definition) is 7. The summed E-state index contributed by atoms with van der Waals surface area (Å²) >= 11 is 19.4. The Morgan fingerprint density at radius 1 is 0.919 bits per heavy atom. The summed E-state index contributed by atoms with van der Waals surface area (Å²) in [6.45, 7) is 0. The van der Waals surface area contributed by atoms with Gasteiger partial charge in [0.2, 0.25) is 0 Å². The van der Waals surface area contributed by atoms with Gasteiger partial charge in [-0.05, 0) is 48.5 Å². The third-order valence-electron chi connectivity index (χ3n) is 4.76. The third-order valence-corrected chi connectivity index (χ3v) is 9.21. The standard InChI is InChI=1S/C21H12Cl3F3N2O5S3/c1-36(30,31)12-3-4-17-16(9-12)28-20(35-17)34-19-14(23)7-11(8-15(19)24)29-37(32,33)18-5-2-10(6-13(18)22)21(25,26)27/h2-9,29H,1H3. The van der Waals surface area contributed by atoms with Crippen molar-refractivity contribution in [3.05, 3.63) is 69.2 Å². The molecule has 1 aromatic heterocycles. The molecule has 4 rings (SSSR count). The number of halogens is 6. The van der Waals surface area contributed by atoms with Crippen LogP contribution in [0.2, 0.25) is 15.1 Å². The maximum Gasteiger partial charge on any atom is 0.416 e. The van der Waals surface area contributed by atoms with E-state index < -0.39 is 41.5 Å². The molecule has 0 amide bonds. The molecule has 0 spiro atoms. The molecule has 16 heteroatoms. The fraction of sp³-hybridized carbons (Fsp3) is 0.0952. The number of nitrogens with one attached hydrogen (secondary N) is 1. The molecule has 37 heavy (non-hydrogen) atoms. The van der Waals surface area contributed by atoms with Gasteiger partial charge in [-0.2, -0.15) is 13.2 Å². The SMILES string of the molecule is CS(=O)(=O)c1ccc2sc(Oc3c(Cl)cc(NS(=O)(=O)c4ccc(C(F)(F)F)cc4Cl)cc3Cl)nc2c1. The predicted octanol–water partition coefficient (Wildman–Crippen LogP) is 7.27. The number of thiazole rings is 1. The van der Waals surface area contributed by atoms with Crippen LogP contribution >= 0.6 is 46.1 Å². The summed E-state index contributed by atoms with van der Waals surface area (Å²) in [5.74, 6) is -0.0544. The van der Waals surface area contributed by atoms with Crippen LogP contribution in [0, 0.1) is 0 Å². The summed E-state index contributed by atoms with van der Waals surface area (Å²) in [6.07, 6.45) is -3.63. The van der Waals surface area contributed by atoms with Crippen LogP contribution in [0.15, 0.2) is 58.3 Å². The van der Waals surface area contributed by atoms with Gasteiger partial charge in [-0.25, -0.2) is 21.8 Å². The number of hydrogen-bond donors (Lipinski definition) is 1. The van der Waals surface area contributed by atoms with Gasteiger partial charge in [0.1, 0.15) is 4.90 Å². The zero-order valence-electron chi connectivity index (χ0n) is 18.1. The molecule has 0 radical (unpaired) electrons. The van der Waals surface area contributed by atoms with Crippen LogP contribution < -0.4 is 9.46 Å². The molecule has 0 fully saturated rings. The minimum atomic E-state index is -4.70. The summed E-state index contributed by atoms with van der Waals surface area (Å²) in [4.78, 5) is 3.72. The van der Waals surface area contributed by atoms with Gasteiger partial charge in [-0.15, -0.1) is 0 Å². The maximum absolute atomic E-state index is 12.9. The second kappa shape index (κ2) is 9.79. The Hall–Kier alpha value is -2.29. The number of nitrogens with zero attached hydrogens (tertiary/aromatic N) is 1. The van der Waals surface area contributed by atoms with Crippen molar-refractivity contribution in [1.82, 2.24) is 4.98 Å². The highest BCUT2D eigenvalue weighted by Crippen LogP contribution is 2.42. The molecule has 1 N–H and O–H groups in total. The van der Waals surface area contributed by atoms with Gasteiger partial charge in [0.25, 0.3) is 15.2 Å². The van der Waals surface area contributed by atoms with Gasteiger partial charge in [0.15, 0.2) is 15.6 Å². The van der Waals surface area contributed by atoms with Gasteiger partial charge in [-0.3, -0.25) is 4.72 Å². The average molecular weight is 632 g/mol. The lowest BCUT2D eigenvalue weighted by Gasteiger charge is -2.14. The van der Waals surface area contributed by atoms with E-state index in [-0.39, 0.29) is 31.6 Å². The average Bonchev–Trinajstić information content (AvgIpc) is 3.16. The van der Waals surface area contributed by atoms with E-state index in [4.69, 9.17) is 39.5 Å². The van der Waals surface area contributed by atoms with Crippen LogP contribution in [0.1, 0.15) is 5.56 Å². The number of rotatable bonds is 6. The van der Waals surface area contributed by atoms with E-state index in [1.165, 1.54) is 24.3 Å². The Kier molecular flexibility index (Phi) is 7.34.